The van der Waals surface area contributed by atoms with Crippen molar-refractivity contribution in [3.05, 3.63) is 11.6 Å². The standard InChI is InChI=1S/C11H22N2O/c1-3-6-10(11(12)14)7-5-9-13-8-4-2/h6,13H,3-5,7-9H2,1-2H3,(H2,12,14). The number of carbonyl (C=O) groups is 1. The Bertz CT molecular complexity index is 188. The van der Waals surface area contributed by atoms with Crippen LogP contribution in [0.15, 0.2) is 11.6 Å². The van der Waals surface area contributed by atoms with E-state index in [0.717, 1.165) is 44.3 Å². The zero-order valence-electron chi connectivity index (χ0n) is 9.31. The van der Waals surface area contributed by atoms with Gasteiger partial charge < -0.3 is 11.1 Å². The molecule has 0 unspecified atom stereocenters. The molecule has 0 aromatic heterocycles. The summed E-state index contributed by atoms with van der Waals surface area (Å²) in [6, 6.07) is 0. The van der Waals surface area contributed by atoms with E-state index in [9.17, 15) is 4.79 Å². The first-order valence-corrected chi connectivity index (χ1v) is 5.41. The fraction of sp³-hybridized carbons (Fsp3) is 0.727. The molecule has 0 aromatic carbocycles. The van der Waals surface area contributed by atoms with Crippen molar-refractivity contribution in [2.24, 2.45) is 5.73 Å². The molecule has 0 saturated heterocycles. The van der Waals surface area contributed by atoms with E-state index in [4.69, 9.17) is 5.73 Å². The minimum atomic E-state index is -0.276. The predicted octanol–water partition coefficient (Wildman–Crippen LogP) is 1.59. The highest BCUT2D eigenvalue weighted by molar-refractivity contribution is 5.91. The second-order valence-electron chi connectivity index (χ2n) is 3.36. The summed E-state index contributed by atoms with van der Waals surface area (Å²) >= 11 is 0. The van der Waals surface area contributed by atoms with Gasteiger partial charge in [0.15, 0.2) is 0 Å². The molecule has 3 heteroatoms. The van der Waals surface area contributed by atoms with Gasteiger partial charge in [0.05, 0.1) is 0 Å². The molecule has 0 heterocycles. The number of nitrogens with two attached hydrogens (primary N) is 1. The van der Waals surface area contributed by atoms with E-state index in [1.54, 1.807) is 0 Å². The highest BCUT2D eigenvalue weighted by Gasteiger charge is 2.02. The third-order valence-electron chi connectivity index (χ3n) is 1.99. The first kappa shape index (κ1) is 13.2. The van der Waals surface area contributed by atoms with E-state index in [0.29, 0.717) is 0 Å². The van der Waals surface area contributed by atoms with Crippen molar-refractivity contribution in [3.63, 3.8) is 0 Å². The number of allylic oxidation sites excluding steroid dienone is 1. The number of primary amides is 1. The molecule has 0 fully saturated rings. The zero-order valence-corrected chi connectivity index (χ0v) is 9.31. The second-order valence-corrected chi connectivity index (χ2v) is 3.36. The molecule has 0 aliphatic carbocycles. The van der Waals surface area contributed by atoms with Crippen LogP contribution in [0, 0.1) is 0 Å². The van der Waals surface area contributed by atoms with Gasteiger partial charge in [0.25, 0.3) is 0 Å². The molecule has 0 spiro atoms. The number of hydrogen-bond acceptors (Lipinski definition) is 2. The minimum absolute atomic E-state index is 0.276. The normalized spacial score (nSPS) is 11.7. The van der Waals surface area contributed by atoms with E-state index in [-0.39, 0.29) is 5.91 Å². The quantitative estimate of drug-likeness (QED) is 0.459. The molecule has 3 N–H and O–H groups in total. The monoisotopic (exact) mass is 198 g/mol. The molecule has 0 bridgehead atoms. The molecule has 3 nitrogen and oxygen atoms in total. The highest BCUT2D eigenvalue weighted by atomic mass is 16.1. The van der Waals surface area contributed by atoms with Gasteiger partial charge in [0.1, 0.15) is 0 Å². The average Bonchev–Trinajstić information content (AvgIpc) is 2.15. The van der Waals surface area contributed by atoms with Gasteiger partial charge in [0, 0.05) is 5.57 Å². The number of amides is 1. The Kier molecular flexibility index (Phi) is 8.24. The smallest absolute Gasteiger partial charge is 0.244 e. The maximum Gasteiger partial charge on any atom is 0.244 e. The van der Waals surface area contributed by atoms with Gasteiger partial charge in [-0.25, -0.2) is 0 Å². The van der Waals surface area contributed by atoms with Crippen LogP contribution < -0.4 is 11.1 Å². The van der Waals surface area contributed by atoms with Crippen molar-refractivity contribution in [1.29, 1.82) is 0 Å². The predicted molar refractivity (Wildman–Crippen MR) is 60.0 cm³/mol. The summed E-state index contributed by atoms with van der Waals surface area (Å²) in [5, 5.41) is 3.29. The summed E-state index contributed by atoms with van der Waals surface area (Å²) < 4.78 is 0. The fourth-order valence-electron chi connectivity index (χ4n) is 1.28. The fourth-order valence-corrected chi connectivity index (χ4v) is 1.28. The van der Waals surface area contributed by atoms with Gasteiger partial charge in [-0.1, -0.05) is 19.9 Å². The number of hydrogen-bond donors (Lipinski definition) is 2. The summed E-state index contributed by atoms with van der Waals surface area (Å²) in [6.07, 6.45) is 5.71. The van der Waals surface area contributed by atoms with Gasteiger partial charge in [-0.15, -0.1) is 0 Å². The maximum absolute atomic E-state index is 10.9. The first-order valence-electron chi connectivity index (χ1n) is 5.41. The van der Waals surface area contributed by atoms with E-state index >= 15 is 0 Å². The maximum atomic E-state index is 10.9. The molecule has 82 valence electrons. The van der Waals surface area contributed by atoms with Gasteiger partial charge >= 0.3 is 0 Å². The second kappa shape index (κ2) is 8.75. The molecule has 0 aliphatic rings. The van der Waals surface area contributed by atoms with E-state index in [1.165, 1.54) is 0 Å². The van der Waals surface area contributed by atoms with Crippen molar-refractivity contribution >= 4 is 5.91 Å². The lowest BCUT2D eigenvalue weighted by Crippen LogP contribution is -2.18. The van der Waals surface area contributed by atoms with Crippen LogP contribution in [-0.2, 0) is 4.79 Å². The summed E-state index contributed by atoms with van der Waals surface area (Å²) in [5.41, 5.74) is 6.01. The van der Waals surface area contributed by atoms with Gasteiger partial charge in [-0.2, -0.15) is 0 Å². The van der Waals surface area contributed by atoms with Crippen LogP contribution in [0.5, 0.6) is 0 Å². The van der Waals surface area contributed by atoms with Gasteiger partial charge in [-0.05, 0) is 38.8 Å². The van der Waals surface area contributed by atoms with E-state index in [1.807, 2.05) is 13.0 Å². The molecule has 0 aliphatic heterocycles. The summed E-state index contributed by atoms with van der Waals surface area (Å²) in [6.45, 7) is 6.16. The molecule has 14 heavy (non-hydrogen) atoms. The largest absolute Gasteiger partial charge is 0.366 e. The third-order valence-corrected chi connectivity index (χ3v) is 1.99. The Balaban J connectivity index is 3.62. The summed E-state index contributed by atoms with van der Waals surface area (Å²) in [5.74, 6) is -0.276. The SMILES string of the molecule is CCC=C(CCCNCCC)C(N)=O. The van der Waals surface area contributed by atoms with Crippen LogP contribution in [0.2, 0.25) is 0 Å². The van der Waals surface area contributed by atoms with Crippen LogP contribution in [0.25, 0.3) is 0 Å². The molecule has 0 saturated carbocycles. The minimum Gasteiger partial charge on any atom is -0.366 e. The Morgan fingerprint density at radius 3 is 2.57 bits per heavy atom. The van der Waals surface area contributed by atoms with Crippen LogP contribution >= 0.6 is 0 Å². The molecule has 0 aromatic rings. The van der Waals surface area contributed by atoms with Crippen molar-refractivity contribution in [2.45, 2.75) is 39.5 Å². The van der Waals surface area contributed by atoms with Crippen molar-refractivity contribution in [1.82, 2.24) is 5.32 Å². The van der Waals surface area contributed by atoms with Crippen LogP contribution in [0.4, 0.5) is 0 Å². The Morgan fingerprint density at radius 1 is 1.36 bits per heavy atom. The molecular weight excluding hydrogens is 176 g/mol. The average molecular weight is 198 g/mol. The van der Waals surface area contributed by atoms with Crippen molar-refractivity contribution < 1.29 is 4.79 Å². The first-order chi connectivity index (χ1) is 6.72. The third kappa shape index (κ3) is 6.66. The lowest BCUT2D eigenvalue weighted by atomic mass is 10.1. The van der Waals surface area contributed by atoms with Crippen molar-refractivity contribution in [2.75, 3.05) is 13.1 Å². The van der Waals surface area contributed by atoms with E-state index < -0.39 is 0 Å². The van der Waals surface area contributed by atoms with Crippen LogP contribution in [0.3, 0.4) is 0 Å². The Morgan fingerprint density at radius 2 is 2.07 bits per heavy atom. The topological polar surface area (TPSA) is 55.1 Å². The highest BCUT2D eigenvalue weighted by Crippen LogP contribution is 2.04. The Hall–Kier alpha value is -0.830. The number of carbonyl (C=O) groups excluding carboxylic acids is 1. The lowest BCUT2D eigenvalue weighted by Gasteiger charge is -2.04. The van der Waals surface area contributed by atoms with Gasteiger partial charge in [0.2, 0.25) is 5.91 Å². The van der Waals surface area contributed by atoms with Gasteiger partial charge in [-0.3, -0.25) is 4.79 Å². The molecular formula is C11H22N2O. The van der Waals surface area contributed by atoms with Crippen LogP contribution in [-0.4, -0.2) is 19.0 Å². The lowest BCUT2D eigenvalue weighted by molar-refractivity contribution is -0.114. The molecule has 0 rings (SSSR count). The van der Waals surface area contributed by atoms with Crippen molar-refractivity contribution in [3.8, 4) is 0 Å². The number of rotatable bonds is 8. The zero-order chi connectivity index (χ0) is 10.8. The van der Waals surface area contributed by atoms with E-state index in [2.05, 4.69) is 12.2 Å². The molecule has 1 amide bonds. The van der Waals surface area contributed by atoms with Crippen LogP contribution in [0.1, 0.15) is 39.5 Å². The Labute approximate surface area is 86.8 Å². The molecule has 0 atom stereocenters. The number of nitrogens with one attached hydrogen (secondary N) is 1. The summed E-state index contributed by atoms with van der Waals surface area (Å²) in [4.78, 5) is 10.9. The molecule has 0 radical (unpaired) electrons. The summed E-state index contributed by atoms with van der Waals surface area (Å²) in [7, 11) is 0.